The standard InChI is InChI=1S/C22H32N2O3/c1-16(2)13-21(26)24-14-18-7-5-6-8-20(18)27-22(15-24)11-9-19(10-12-22)23(4)17(3)25/h5-8,16,19H,9-15H2,1-4H3. The van der Waals surface area contributed by atoms with Crippen molar-refractivity contribution in [2.45, 2.75) is 71.1 Å². The molecule has 1 aromatic carbocycles. The van der Waals surface area contributed by atoms with E-state index in [4.69, 9.17) is 4.74 Å². The highest BCUT2D eigenvalue weighted by Gasteiger charge is 2.43. The van der Waals surface area contributed by atoms with Gasteiger partial charge < -0.3 is 14.5 Å². The van der Waals surface area contributed by atoms with Crippen molar-refractivity contribution in [2.24, 2.45) is 5.92 Å². The summed E-state index contributed by atoms with van der Waals surface area (Å²) in [6.07, 6.45) is 4.09. The molecule has 148 valence electrons. The fourth-order valence-corrected chi connectivity index (χ4v) is 4.30. The number of carbonyl (C=O) groups excluding carboxylic acids is 2. The molecule has 0 atom stereocenters. The van der Waals surface area contributed by atoms with Gasteiger partial charge in [-0.2, -0.15) is 0 Å². The number of ether oxygens (including phenoxy) is 1. The molecule has 2 aliphatic rings. The lowest BCUT2D eigenvalue weighted by atomic mass is 9.81. The Labute approximate surface area is 162 Å². The van der Waals surface area contributed by atoms with Crippen molar-refractivity contribution in [3.05, 3.63) is 29.8 Å². The second-order valence-electron chi connectivity index (χ2n) is 8.60. The Morgan fingerprint density at radius 3 is 2.56 bits per heavy atom. The number of hydrogen-bond donors (Lipinski definition) is 0. The van der Waals surface area contributed by atoms with E-state index in [9.17, 15) is 9.59 Å². The maximum Gasteiger partial charge on any atom is 0.223 e. The van der Waals surface area contributed by atoms with Gasteiger partial charge in [0.2, 0.25) is 11.8 Å². The molecule has 5 nitrogen and oxygen atoms in total. The van der Waals surface area contributed by atoms with Crippen molar-refractivity contribution in [1.29, 1.82) is 0 Å². The van der Waals surface area contributed by atoms with Crippen LogP contribution in [0.2, 0.25) is 0 Å². The van der Waals surface area contributed by atoms with Crippen molar-refractivity contribution in [1.82, 2.24) is 9.80 Å². The number of carbonyl (C=O) groups is 2. The zero-order valence-corrected chi connectivity index (χ0v) is 17.0. The van der Waals surface area contributed by atoms with Crippen LogP contribution >= 0.6 is 0 Å². The zero-order valence-electron chi connectivity index (χ0n) is 17.0. The number of nitrogens with zero attached hydrogens (tertiary/aromatic N) is 2. The Morgan fingerprint density at radius 2 is 1.93 bits per heavy atom. The van der Waals surface area contributed by atoms with Crippen molar-refractivity contribution in [3.8, 4) is 5.75 Å². The van der Waals surface area contributed by atoms with Crippen LogP contribution in [0, 0.1) is 5.92 Å². The van der Waals surface area contributed by atoms with Gasteiger partial charge in [-0.05, 0) is 37.7 Å². The van der Waals surface area contributed by atoms with Gasteiger partial charge in [0.15, 0.2) is 0 Å². The molecule has 1 fully saturated rings. The maximum atomic E-state index is 12.9. The third-order valence-electron chi connectivity index (χ3n) is 5.99. The maximum absolute atomic E-state index is 12.9. The predicted octanol–water partition coefficient (Wildman–Crippen LogP) is 3.61. The van der Waals surface area contributed by atoms with Gasteiger partial charge in [0, 0.05) is 38.5 Å². The summed E-state index contributed by atoms with van der Waals surface area (Å²) in [6.45, 7) is 7.02. The first-order valence-corrected chi connectivity index (χ1v) is 10.1. The summed E-state index contributed by atoms with van der Waals surface area (Å²) in [5.74, 6) is 1.55. The van der Waals surface area contributed by atoms with Crippen molar-refractivity contribution < 1.29 is 14.3 Å². The Balaban J connectivity index is 1.82. The van der Waals surface area contributed by atoms with E-state index in [0.717, 1.165) is 37.0 Å². The minimum Gasteiger partial charge on any atom is -0.485 e. The molecule has 1 spiro atoms. The molecule has 0 unspecified atom stereocenters. The van der Waals surface area contributed by atoms with Crippen LogP contribution in [0.4, 0.5) is 0 Å². The van der Waals surface area contributed by atoms with Crippen LogP contribution in [0.5, 0.6) is 5.75 Å². The SMILES string of the molecule is CC(=O)N(C)C1CCC2(CC1)CN(C(=O)CC(C)C)Cc1ccccc1O2. The highest BCUT2D eigenvalue weighted by molar-refractivity contribution is 5.76. The second kappa shape index (κ2) is 7.91. The lowest BCUT2D eigenvalue weighted by Crippen LogP contribution is -2.52. The third-order valence-corrected chi connectivity index (χ3v) is 5.99. The van der Waals surface area contributed by atoms with Gasteiger partial charge in [-0.25, -0.2) is 0 Å². The highest BCUT2D eigenvalue weighted by Crippen LogP contribution is 2.39. The van der Waals surface area contributed by atoms with E-state index in [1.807, 2.05) is 35.0 Å². The molecule has 1 aromatic rings. The minimum absolute atomic E-state index is 0.108. The normalized spacial score (nSPS) is 24.9. The number of hydrogen-bond acceptors (Lipinski definition) is 3. The van der Waals surface area contributed by atoms with E-state index in [0.29, 0.717) is 25.4 Å². The molecule has 1 saturated carbocycles. The molecular formula is C22H32N2O3. The fraction of sp³-hybridized carbons (Fsp3) is 0.636. The Morgan fingerprint density at radius 1 is 1.26 bits per heavy atom. The molecule has 0 saturated heterocycles. The van der Waals surface area contributed by atoms with Crippen LogP contribution in [0.15, 0.2) is 24.3 Å². The predicted molar refractivity (Wildman–Crippen MR) is 105 cm³/mol. The van der Waals surface area contributed by atoms with Crippen molar-refractivity contribution >= 4 is 11.8 Å². The summed E-state index contributed by atoms with van der Waals surface area (Å²) < 4.78 is 6.56. The summed E-state index contributed by atoms with van der Waals surface area (Å²) >= 11 is 0. The molecule has 5 heteroatoms. The van der Waals surface area contributed by atoms with E-state index in [1.54, 1.807) is 6.92 Å². The molecular weight excluding hydrogens is 340 g/mol. The van der Waals surface area contributed by atoms with Crippen molar-refractivity contribution in [3.63, 3.8) is 0 Å². The van der Waals surface area contributed by atoms with Gasteiger partial charge in [-0.15, -0.1) is 0 Å². The lowest BCUT2D eigenvalue weighted by molar-refractivity contribution is -0.136. The topological polar surface area (TPSA) is 49.9 Å². The molecule has 2 amide bonds. The minimum atomic E-state index is -0.354. The van der Waals surface area contributed by atoms with Gasteiger partial charge in [0.25, 0.3) is 0 Å². The lowest BCUT2D eigenvalue weighted by Gasteiger charge is -2.43. The van der Waals surface area contributed by atoms with Gasteiger partial charge in [-0.3, -0.25) is 9.59 Å². The second-order valence-corrected chi connectivity index (χ2v) is 8.60. The van der Waals surface area contributed by atoms with Crippen LogP contribution < -0.4 is 4.74 Å². The van der Waals surface area contributed by atoms with E-state index in [2.05, 4.69) is 19.9 Å². The third kappa shape index (κ3) is 4.45. The van der Waals surface area contributed by atoms with Crippen LogP contribution in [-0.4, -0.2) is 46.8 Å². The molecule has 1 aliphatic carbocycles. The largest absolute Gasteiger partial charge is 0.485 e. The Kier molecular flexibility index (Phi) is 5.78. The van der Waals surface area contributed by atoms with Crippen LogP contribution in [-0.2, 0) is 16.1 Å². The molecule has 3 rings (SSSR count). The quantitative estimate of drug-likeness (QED) is 0.814. The highest BCUT2D eigenvalue weighted by atomic mass is 16.5. The van der Waals surface area contributed by atoms with Crippen LogP contribution in [0.3, 0.4) is 0 Å². The van der Waals surface area contributed by atoms with Gasteiger partial charge in [0.05, 0.1) is 6.54 Å². The summed E-state index contributed by atoms with van der Waals surface area (Å²) in [6, 6.07) is 8.33. The van der Waals surface area contributed by atoms with Gasteiger partial charge in [-0.1, -0.05) is 32.0 Å². The van der Waals surface area contributed by atoms with Crippen LogP contribution in [0.25, 0.3) is 0 Å². The number of benzene rings is 1. The summed E-state index contributed by atoms with van der Waals surface area (Å²) in [7, 11) is 1.88. The monoisotopic (exact) mass is 372 g/mol. The summed E-state index contributed by atoms with van der Waals surface area (Å²) in [5, 5.41) is 0. The summed E-state index contributed by atoms with van der Waals surface area (Å²) in [5.41, 5.74) is 0.724. The van der Waals surface area contributed by atoms with E-state index in [-0.39, 0.29) is 23.5 Å². The molecule has 0 N–H and O–H groups in total. The zero-order chi connectivity index (χ0) is 19.6. The number of fused-ring (bicyclic) bond motifs is 1. The first-order chi connectivity index (χ1) is 12.8. The van der Waals surface area contributed by atoms with E-state index < -0.39 is 0 Å². The first-order valence-electron chi connectivity index (χ1n) is 10.1. The number of rotatable bonds is 3. The van der Waals surface area contributed by atoms with Crippen molar-refractivity contribution in [2.75, 3.05) is 13.6 Å². The number of para-hydroxylation sites is 1. The average molecular weight is 373 g/mol. The Bertz CT molecular complexity index is 693. The molecule has 0 radical (unpaired) electrons. The molecule has 27 heavy (non-hydrogen) atoms. The smallest absolute Gasteiger partial charge is 0.223 e. The van der Waals surface area contributed by atoms with Crippen LogP contribution in [0.1, 0.15) is 58.4 Å². The molecule has 0 bridgehead atoms. The molecule has 0 aromatic heterocycles. The average Bonchev–Trinajstić information content (AvgIpc) is 2.78. The van der Waals surface area contributed by atoms with E-state index >= 15 is 0 Å². The number of amides is 2. The van der Waals surface area contributed by atoms with Gasteiger partial charge in [0.1, 0.15) is 11.4 Å². The van der Waals surface area contributed by atoms with E-state index in [1.165, 1.54) is 0 Å². The molecule has 1 heterocycles. The summed E-state index contributed by atoms with van der Waals surface area (Å²) in [4.78, 5) is 28.4. The molecule has 1 aliphatic heterocycles. The fourth-order valence-electron chi connectivity index (χ4n) is 4.30. The first kappa shape index (κ1) is 19.7. The Hall–Kier alpha value is -2.04. The van der Waals surface area contributed by atoms with Gasteiger partial charge >= 0.3 is 0 Å².